The third kappa shape index (κ3) is 3.39. The van der Waals surface area contributed by atoms with Gasteiger partial charge in [-0.1, -0.05) is 23.7 Å². The Bertz CT molecular complexity index is 506. The number of likely N-dealkylation sites (N-methyl/N-ethyl adjacent to an activating group) is 1. The molecule has 114 valence electrons. The Morgan fingerprint density at radius 3 is 2.86 bits per heavy atom. The molecule has 21 heavy (non-hydrogen) atoms. The quantitative estimate of drug-likeness (QED) is 0.838. The minimum atomic E-state index is 0.0934. The summed E-state index contributed by atoms with van der Waals surface area (Å²) in [4.78, 5) is 16.2. The predicted octanol–water partition coefficient (Wildman–Crippen LogP) is 2.02. The number of fused-ring (bicyclic) bond motifs is 1. The lowest BCUT2D eigenvalue weighted by molar-refractivity contribution is -0.134. The molecule has 2 atom stereocenters. The molecule has 0 unspecified atom stereocenters. The number of hydrogen-bond donors (Lipinski definition) is 0. The number of piperidine rings is 1. The summed E-state index contributed by atoms with van der Waals surface area (Å²) in [7, 11) is 1.90. The fourth-order valence-electron chi connectivity index (χ4n) is 3.25. The van der Waals surface area contributed by atoms with E-state index in [9.17, 15) is 4.79 Å². The number of ether oxygens (including phenoxy) is 1. The number of carbonyl (C=O) groups is 1. The van der Waals surface area contributed by atoms with E-state index in [1.807, 2.05) is 24.1 Å². The maximum Gasteiger partial charge on any atom is 0.248 e. The van der Waals surface area contributed by atoms with E-state index in [2.05, 4.69) is 17.0 Å². The maximum absolute atomic E-state index is 11.9. The van der Waals surface area contributed by atoms with Gasteiger partial charge >= 0.3 is 0 Å². The second-order valence-corrected chi connectivity index (χ2v) is 6.43. The largest absolute Gasteiger partial charge is 0.371 e. The molecule has 0 bridgehead atoms. The first-order valence-corrected chi connectivity index (χ1v) is 7.81. The summed E-state index contributed by atoms with van der Waals surface area (Å²) in [5.41, 5.74) is 1.26. The Balaban J connectivity index is 1.67. The van der Waals surface area contributed by atoms with Crippen molar-refractivity contribution in [2.24, 2.45) is 5.92 Å². The zero-order valence-electron chi connectivity index (χ0n) is 12.3. The molecule has 1 amide bonds. The molecule has 1 aromatic rings. The van der Waals surface area contributed by atoms with Crippen molar-refractivity contribution in [2.75, 3.05) is 33.4 Å². The molecule has 2 aliphatic rings. The van der Waals surface area contributed by atoms with Gasteiger partial charge in [0.2, 0.25) is 5.91 Å². The third-order valence-electron chi connectivity index (χ3n) is 4.57. The summed E-state index contributed by atoms with van der Waals surface area (Å²) in [5, 5.41) is 0.767. The molecular formula is C16H21ClN2O2. The van der Waals surface area contributed by atoms with Crippen LogP contribution in [0.1, 0.15) is 12.0 Å². The van der Waals surface area contributed by atoms with Gasteiger partial charge in [0.1, 0.15) is 6.61 Å². The van der Waals surface area contributed by atoms with E-state index in [1.54, 1.807) is 0 Å². The van der Waals surface area contributed by atoms with Crippen LogP contribution in [0.2, 0.25) is 5.02 Å². The van der Waals surface area contributed by atoms with Crippen molar-refractivity contribution in [1.82, 2.24) is 9.80 Å². The molecule has 0 radical (unpaired) electrons. The highest BCUT2D eigenvalue weighted by molar-refractivity contribution is 6.30. The fraction of sp³-hybridized carbons (Fsp3) is 0.562. The second kappa shape index (κ2) is 6.34. The summed E-state index contributed by atoms with van der Waals surface area (Å²) in [5.74, 6) is 0.554. The van der Waals surface area contributed by atoms with Crippen LogP contribution in [0.15, 0.2) is 24.3 Å². The number of likely N-dealkylation sites (tertiary alicyclic amines) is 1. The highest BCUT2D eigenvalue weighted by Gasteiger charge is 2.36. The number of halogens is 1. The first-order chi connectivity index (χ1) is 10.1. The zero-order chi connectivity index (χ0) is 14.8. The lowest BCUT2D eigenvalue weighted by atomic mass is 9.91. The predicted molar refractivity (Wildman–Crippen MR) is 82.2 cm³/mol. The Morgan fingerprint density at radius 2 is 2.10 bits per heavy atom. The monoisotopic (exact) mass is 308 g/mol. The number of rotatable bonds is 2. The molecule has 0 spiro atoms. The topological polar surface area (TPSA) is 32.8 Å². The Kier molecular flexibility index (Phi) is 4.48. The minimum Gasteiger partial charge on any atom is -0.371 e. The van der Waals surface area contributed by atoms with Gasteiger partial charge in [-0.15, -0.1) is 0 Å². The number of benzene rings is 1. The Labute approximate surface area is 130 Å². The van der Waals surface area contributed by atoms with E-state index in [1.165, 1.54) is 5.56 Å². The molecule has 3 rings (SSSR count). The summed E-state index contributed by atoms with van der Waals surface area (Å²) in [6.07, 6.45) is 1.08. The van der Waals surface area contributed by atoms with E-state index in [0.29, 0.717) is 12.5 Å². The molecule has 0 aromatic heterocycles. The van der Waals surface area contributed by atoms with Gasteiger partial charge in [0.25, 0.3) is 0 Å². The lowest BCUT2D eigenvalue weighted by Crippen LogP contribution is -2.52. The van der Waals surface area contributed by atoms with Gasteiger partial charge in [0.15, 0.2) is 0 Å². The number of hydrogen-bond acceptors (Lipinski definition) is 3. The first kappa shape index (κ1) is 14.8. The van der Waals surface area contributed by atoms with Gasteiger partial charge in [0, 0.05) is 37.1 Å². The SMILES string of the molecule is CN1C(=O)COC[C@@H]2CCN(Cc3ccc(Cl)cc3)C[C@@H]21. The standard InChI is InChI=1S/C16H21ClN2O2/c1-18-15-9-19(8-12-2-4-14(17)5-3-12)7-6-13(15)10-21-11-16(18)20/h2-5,13,15H,6-11H2,1H3/t13-,15-/m0/s1. The number of nitrogens with zero attached hydrogens (tertiary/aromatic N) is 2. The van der Waals surface area contributed by atoms with E-state index in [4.69, 9.17) is 16.3 Å². The van der Waals surface area contributed by atoms with Crippen LogP contribution in [-0.4, -0.2) is 55.1 Å². The molecular weight excluding hydrogens is 288 g/mol. The highest BCUT2D eigenvalue weighted by atomic mass is 35.5. The van der Waals surface area contributed by atoms with Crippen molar-refractivity contribution in [3.8, 4) is 0 Å². The molecule has 2 saturated heterocycles. The minimum absolute atomic E-state index is 0.0934. The lowest BCUT2D eigenvalue weighted by Gasteiger charge is -2.41. The van der Waals surface area contributed by atoms with Crippen LogP contribution in [0.3, 0.4) is 0 Å². The van der Waals surface area contributed by atoms with Gasteiger partial charge in [0.05, 0.1) is 6.61 Å². The van der Waals surface area contributed by atoms with Gasteiger partial charge in [-0.2, -0.15) is 0 Å². The summed E-state index contributed by atoms with van der Waals surface area (Å²) in [6, 6.07) is 8.26. The van der Waals surface area contributed by atoms with Crippen LogP contribution in [0.5, 0.6) is 0 Å². The Morgan fingerprint density at radius 1 is 1.33 bits per heavy atom. The normalized spacial score (nSPS) is 27.3. The van der Waals surface area contributed by atoms with E-state index >= 15 is 0 Å². The van der Waals surface area contributed by atoms with Gasteiger partial charge in [-0.3, -0.25) is 9.69 Å². The van der Waals surface area contributed by atoms with Crippen LogP contribution in [0.25, 0.3) is 0 Å². The molecule has 0 aliphatic carbocycles. The number of carbonyl (C=O) groups excluding carboxylic acids is 1. The molecule has 4 nitrogen and oxygen atoms in total. The fourth-order valence-corrected chi connectivity index (χ4v) is 3.38. The van der Waals surface area contributed by atoms with Crippen molar-refractivity contribution in [2.45, 2.75) is 19.0 Å². The Hall–Kier alpha value is -1.10. The van der Waals surface area contributed by atoms with Crippen molar-refractivity contribution < 1.29 is 9.53 Å². The van der Waals surface area contributed by atoms with Gasteiger partial charge in [-0.25, -0.2) is 0 Å². The average Bonchev–Trinajstić information content (AvgIpc) is 2.62. The van der Waals surface area contributed by atoms with Crippen molar-refractivity contribution >= 4 is 17.5 Å². The molecule has 5 heteroatoms. The van der Waals surface area contributed by atoms with Crippen molar-refractivity contribution in [3.05, 3.63) is 34.9 Å². The molecule has 0 saturated carbocycles. The summed E-state index contributed by atoms with van der Waals surface area (Å²) < 4.78 is 5.49. The molecule has 0 N–H and O–H groups in total. The summed E-state index contributed by atoms with van der Waals surface area (Å²) >= 11 is 5.93. The van der Waals surface area contributed by atoms with Gasteiger partial charge in [-0.05, 0) is 30.7 Å². The second-order valence-electron chi connectivity index (χ2n) is 6.00. The number of amides is 1. The average molecular weight is 309 g/mol. The van der Waals surface area contributed by atoms with Crippen LogP contribution < -0.4 is 0 Å². The smallest absolute Gasteiger partial charge is 0.248 e. The molecule has 2 fully saturated rings. The highest BCUT2D eigenvalue weighted by Crippen LogP contribution is 2.25. The first-order valence-electron chi connectivity index (χ1n) is 7.43. The third-order valence-corrected chi connectivity index (χ3v) is 4.83. The summed E-state index contributed by atoms with van der Waals surface area (Å²) in [6.45, 7) is 3.80. The van der Waals surface area contributed by atoms with Crippen LogP contribution >= 0.6 is 11.6 Å². The molecule has 2 aliphatic heterocycles. The maximum atomic E-state index is 11.9. The zero-order valence-corrected chi connectivity index (χ0v) is 13.1. The van der Waals surface area contributed by atoms with Crippen molar-refractivity contribution in [3.63, 3.8) is 0 Å². The molecule has 1 aromatic carbocycles. The van der Waals surface area contributed by atoms with Crippen molar-refractivity contribution in [1.29, 1.82) is 0 Å². The van der Waals surface area contributed by atoms with Gasteiger partial charge < -0.3 is 9.64 Å². The van der Waals surface area contributed by atoms with E-state index < -0.39 is 0 Å². The van der Waals surface area contributed by atoms with E-state index in [-0.39, 0.29) is 18.6 Å². The van der Waals surface area contributed by atoms with Crippen LogP contribution in [0, 0.1) is 5.92 Å². The van der Waals surface area contributed by atoms with E-state index in [0.717, 1.165) is 31.1 Å². The molecule has 2 heterocycles. The van der Waals surface area contributed by atoms with Crippen LogP contribution in [0.4, 0.5) is 0 Å². The van der Waals surface area contributed by atoms with Crippen LogP contribution in [-0.2, 0) is 16.1 Å².